The molecule has 0 spiro atoms. The summed E-state index contributed by atoms with van der Waals surface area (Å²) in [4.78, 5) is 0. The van der Waals surface area contributed by atoms with Gasteiger partial charge in [-0.3, -0.25) is 4.55 Å². The van der Waals surface area contributed by atoms with Gasteiger partial charge in [0, 0.05) is 6.42 Å². The van der Waals surface area contributed by atoms with Gasteiger partial charge in [0.05, 0.1) is 5.75 Å². The fourth-order valence-electron chi connectivity index (χ4n) is 1.50. The molecule has 0 aliphatic rings. The molecule has 0 aliphatic carbocycles. The summed E-state index contributed by atoms with van der Waals surface area (Å²) in [5, 5.41) is 0. The molecule has 1 aromatic carbocycles. The smallest absolute Gasteiger partial charge is 0.264 e. The van der Waals surface area contributed by atoms with Gasteiger partial charge in [-0.05, 0) is 25.0 Å². The fraction of sp³-hybridized carbons (Fsp3) is 0.500. The van der Waals surface area contributed by atoms with Gasteiger partial charge in [0.25, 0.3) is 14.6 Å². The first kappa shape index (κ1) is 16.6. The van der Waals surface area contributed by atoms with Crippen molar-refractivity contribution in [2.45, 2.75) is 30.2 Å². The molecule has 0 amide bonds. The third-order valence-electron chi connectivity index (χ3n) is 2.38. The van der Waals surface area contributed by atoms with Crippen molar-refractivity contribution in [3.8, 4) is 5.75 Å². The van der Waals surface area contributed by atoms with Crippen molar-refractivity contribution >= 4 is 33.3 Å². The second-order valence-corrected chi connectivity index (χ2v) is 7.14. The Bertz CT molecular complexity index is 474. The van der Waals surface area contributed by atoms with E-state index >= 15 is 0 Å². The summed E-state index contributed by atoms with van der Waals surface area (Å²) < 4.78 is 33.7. The molecule has 0 radical (unpaired) electrons. The summed E-state index contributed by atoms with van der Waals surface area (Å²) in [5.74, 6) is 0.329. The Balaban J connectivity index is 2.27. The maximum absolute atomic E-state index is 10.5. The van der Waals surface area contributed by atoms with E-state index in [4.69, 9.17) is 32.5 Å². The first-order valence-electron chi connectivity index (χ1n) is 5.86. The highest BCUT2D eigenvalue weighted by molar-refractivity contribution is 7.85. The lowest BCUT2D eigenvalue weighted by molar-refractivity contribution is 0.226. The number of para-hydroxylation sites is 1. The number of rotatable bonds is 8. The van der Waals surface area contributed by atoms with Gasteiger partial charge in [0.1, 0.15) is 5.75 Å². The lowest BCUT2D eigenvalue weighted by Crippen LogP contribution is -2.21. The lowest BCUT2D eigenvalue weighted by Gasteiger charge is -2.21. The minimum atomic E-state index is -3.89. The van der Waals surface area contributed by atoms with Crippen LogP contribution < -0.4 is 4.74 Å². The van der Waals surface area contributed by atoms with Crippen LogP contribution in [0.15, 0.2) is 30.3 Å². The second-order valence-electron chi connectivity index (χ2n) is 4.15. The Morgan fingerprint density at radius 1 is 1.11 bits per heavy atom. The summed E-state index contributed by atoms with van der Waals surface area (Å²) in [7, 11) is -3.89. The van der Waals surface area contributed by atoms with Crippen molar-refractivity contribution in [3.05, 3.63) is 30.3 Å². The summed E-state index contributed by atoms with van der Waals surface area (Å²) in [6, 6.07) is 8.97. The van der Waals surface area contributed by atoms with Crippen LogP contribution in [0.4, 0.5) is 0 Å². The Kier molecular flexibility index (Phi) is 6.39. The average molecular weight is 327 g/mol. The van der Waals surface area contributed by atoms with Gasteiger partial charge in [-0.15, -0.1) is 0 Å². The van der Waals surface area contributed by atoms with Crippen molar-refractivity contribution in [2.24, 2.45) is 0 Å². The largest absolute Gasteiger partial charge is 0.458 e. The Hall–Kier alpha value is -0.490. The molecule has 19 heavy (non-hydrogen) atoms. The molecule has 0 aliphatic heterocycles. The van der Waals surface area contributed by atoms with Gasteiger partial charge < -0.3 is 4.74 Å². The van der Waals surface area contributed by atoms with Crippen molar-refractivity contribution in [1.82, 2.24) is 0 Å². The number of benzene rings is 1. The molecule has 108 valence electrons. The van der Waals surface area contributed by atoms with Gasteiger partial charge in [-0.2, -0.15) is 8.42 Å². The van der Waals surface area contributed by atoms with Crippen LogP contribution in [0, 0.1) is 0 Å². The van der Waals surface area contributed by atoms with Crippen LogP contribution in [-0.4, -0.2) is 23.2 Å². The molecule has 0 aromatic heterocycles. The monoisotopic (exact) mass is 326 g/mol. The van der Waals surface area contributed by atoms with E-state index in [0.29, 0.717) is 31.4 Å². The van der Waals surface area contributed by atoms with Crippen LogP contribution >= 0.6 is 23.2 Å². The van der Waals surface area contributed by atoms with Crippen LogP contribution in [0.3, 0.4) is 0 Å². The van der Waals surface area contributed by atoms with Crippen molar-refractivity contribution < 1.29 is 17.7 Å². The van der Waals surface area contributed by atoms with E-state index in [1.807, 2.05) is 18.2 Å². The predicted molar refractivity (Wildman–Crippen MR) is 76.4 cm³/mol. The van der Waals surface area contributed by atoms with E-state index in [1.54, 1.807) is 12.1 Å². The van der Waals surface area contributed by atoms with Gasteiger partial charge in [0.15, 0.2) is 0 Å². The molecule has 4 nitrogen and oxygen atoms in total. The molecule has 1 aromatic rings. The summed E-state index contributed by atoms with van der Waals surface area (Å²) in [5.41, 5.74) is 0. The third kappa shape index (κ3) is 8.31. The van der Waals surface area contributed by atoms with E-state index < -0.39 is 14.6 Å². The molecule has 0 unspecified atom stereocenters. The first-order chi connectivity index (χ1) is 8.79. The highest BCUT2D eigenvalue weighted by Gasteiger charge is 2.25. The molecule has 1 N–H and O–H groups in total. The van der Waals surface area contributed by atoms with E-state index in [9.17, 15) is 8.42 Å². The van der Waals surface area contributed by atoms with Crippen LogP contribution in [0.25, 0.3) is 0 Å². The minimum Gasteiger partial charge on any atom is -0.458 e. The van der Waals surface area contributed by atoms with Crippen LogP contribution in [0.1, 0.15) is 25.7 Å². The van der Waals surface area contributed by atoms with Gasteiger partial charge in [0.2, 0.25) is 0 Å². The lowest BCUT2D eigenvalue weighted by atomic mass is 10.2. The zero-order valence-corrected chi connectivity index (χ0v) is 12.6. The number of alkyl halides is 2. The fourth-order valence-corrected chi connectivity index (χ4v) is 2.52. The first-order valence-corrected chi connectivity index (χ1v) is 8.22. The zero-order valence-electron chi connectivity index (χ0n) is 10.3. The molecule has 7 heteroatoms. The van der Waals surface area contributed by atoms with Crippen molar-refractivity contribution in [1.29, 1.82) is 0 Å². The second kappa shape index (κ2) is 7.33. The van der Waals surface area contributed by atoms with E-state index in [1.165, 1.54) is 0 Å². The van der Waals surface area contributed by atoms with Gasteiger partial charge in [-0.25, -0.2) is 0 Å². The molecule has 0 saturated heterocycles. The molecule has 0 bridgehead atoms. The quantitative estimate of drug-likeness (QED) is 0.450. The van der Waals surface area contributed by atoms with Crippen LogP contribution in [0.5, 0.6) is 5.75 Å². The molecular weight excluding hydrogens is 311 g/mol. The standard InChI is InChI=1S/C12H16Cl2O4S/c13-12(14,18-11-7-3-1-4-8-11)9-5-2-6-10-19(15,16)17/h1,3-4,7-8H,2,5-6,9-10H2,(H,15,16,17). The highest BCUT2D eigenvalue weighted by atomic mass is 35.5. The van der Waals surface area contributed by atoms with E-state index in [0.717, 1.165) is 0 Å². The molecular formula is C12H16Cl2O4S. The number of hydrogen-bond donors (Lipinski definition) is 1. The zero-order chi connectivity index (χ0) is 14.4. The molecule has 1 rings (SSSR count). The van der Waals surface area contributed by atoms with Crippen molar-refractivity contribution in [3.63, 3.8) is 0 Å². The number of unbranched alkanes of at least 4 members (excludes halogenated alkanes) is 2. The molecule has 0 heterocycles. The molecule has 0 saturated carbocycles. The number of hydrogen-bond acceptors (Lipinski definition) is 3. The Morgan fingerprint density at radius 3 is 2.32 bits per heavy atom. The highest BCUT2D eigenvalue weighted by Crippen LogP contribution is 2.31. The van der Waals surface area contributed by atoms with Crippen LogP contribution in [-0.2, 0) is 10.1 Å². The van der Waals surface area contributed by atoms with Crippen LogP contribution in [0.2, 0.25) is 0 Å². The number of ether oxygens (including phenoxy) is 1. The van der Waals surface area contributed by atoms with E-state index in [-0.39, 0.29) is 5.75 Å². The molecule has 0 atom stereocenters. The summed E-state index contributed by atoms with van der Waals surface area (Å²) >= 11 is 12.0. The maximum Gasteiger partial charge on any atom is 0.264 e. The minimum absolute atomic E-state index is 0.246. The van der Waals surface area contributed by atoms with Gasteiger partial charge >= 0.3 is 0 Å². The summed E-state index contributed by atoms with van der Waals surface area (Å²) in [6.07, 6.45) is 1.94. The average Bonchev–Trinajstić information content (AvgIpc) is 2.27. The van der Waals surface area contributed by atoms with Gasteiger partial charge in [-0.1, -0.05) is 47.8 Å². The number of halogens is 2. The molecule has 0 fully saturated rings. The SMILES string of the molecule is O=S(=O)(O)CCCCCC(Cl)(Cl)Oc1ccccc1. The predicted octanol–water partition coefficient (Wildman–Crippen LogP) is 3.65. The third-order valence-corrected chi connectivity index (χ3v) is 3.72. The topological polar surface area (TPSA) is 63.6 Å². The van der Waals surface area contributed by atoms with Crippen molar-refractivity contribution in [2.75, 3.05) is 5.75 Å². The normalized spacial score (nSPS) is 12.4. The summed E-state index contributed by atoms with van der Waals surface area (Å²) in [6.45, 7) is 0. The Morgan fingerprint density at radius 2 is 1.74 bits per heavy atom. The van der Waals surface area contributed by atoms with E-state index in [2.05, 4.69) is 0 Å². The maximum atomic E-state index is 10.5. The Labute approximate surface area is 123 Å².